The van der Waals surface area contributed by atoms with E-state index >= 15 is 0 Å². The first-order valence-corrected chi connectivity index (χ1v) is 9.34. The number of rotatable bonds is 3. The second kappa shape index (κ2) is 6.44. The maximum Gasteiger partial charge on any atom is 0.252 e. The number of nitrogens with one attached hydrogen (secondary N) is 1. The number of amides is 1. The molecule has 1 N–H and O–H groups in total. The molecule has 0 atom stereocenters. The molecular formula is C19H24N6O2. The molecule has 0 unspecified atom stereocenters. The molecule has 1 fully saturated rings. The molecule has 1 aliphatic carbocycles. The predicted octanol–water partition coefficient (Wildman–Crippen LogP) is 2.87. The van der Waals surface area contributed by atoms with Gasteiger partial charge in [-0.15, -0.1) is 0 Å². The molecule has 8 heteroatoms. The number of carbonyl (C=O) groups is 1. The maximum atomic E-state index is 13.4. The summed E-state index contributed by atoms with van der Waals surface area (Å²) >= 11 is 0. The molecule has 142 valence electrons. The number of aryl methyl sites for hydroxylation is 4. The molecule has 0 saturated heterocycles. The molecule has 0 radical (unpaired) electrons. The van der Waals surface area contributed by atoms with E-state index in [0.717, 1.165) is 48.9 Å². The lowest BCUT2D eigenvalue weighted by Crippen LogP contribution is -2.48. The minimum atomic E-state index is -0.591. The summed E-state index contributed by atoms with van der Waals surface area (Å²) in [5.74, 6) is 0.929. The summed E-state index contributed by atoms with van der Waals surface area (Å²) in [6.45, 7) is 5.55. The van der Waals surface area contributed by atoms with Crippen LogP contribution in [0, 0.1) is 20.8 Å². The van der Waals surface area contributed by atoms with Gasteiger partial charge in [0.15, 0.2) is 11.5 Å². The quantitative estimate of drug-likeness (QED) is 0.763. The summed E-state index contributed by atoms with van der Waals surface area (Å²) in [7, 11) is 1.84. The molecule has 0 aromatic carbocycles. The zero-order chi connectivity index (χ0) is 19.2. The van der Waals surface area contributed by atoms with Crippen LogP contribution in [0.3, 0.4) is 0 Å². The van der Waals surface area contributed by atoms with Crippen molar-refractivity contribution in [3.8, 4) is 0 Å². The van der Waals surface area contributed by atoms with Gasteiger partial charge < -0.3 is 9.84 Å². The van der Waals surface area contributed by atoms with Gasteiger partial charge >= 0.3 is 0 Å². The first-order chi connectivity index (χ1) is 12.9. The van der Waals surface area contributed by atoms with E-state index in [1.807, 2.05) is 27.0 Å². The lowest BCUT2D eigenvalue weighted by molar-refractivity contribution is 0.0857. The zero-order valence-corrected chi connectivity index (χ0v) is 16.2. The van der Waals surface area contributed by atoms with E-state index in [9.17, 15) is 4.79 Å². The molecule has 3 aromatic rings. The van der Waals surface area contributed by atoms with Crippen LogP contribution in [0.5, 0.6) is 0 Å². The van der Waals surface area contributed by atoms with Gasteiger partial charge in [0, 0.05) is 19.7 Å². The number of aromatic nitrogens is 5. The lowest BCUT2D eigenvalue weighted by atomic mass is 9.80. The van der Waals surface area contributed by atoms with Crippen molar-refractivity contribution in [1.29, 1.82) is 0 Å². The Labute approximate surface area is 157 Å². The van der Waals surface area contributed by atoms with Crippen molar-refractivity contribution in [3.05, 3.63) is 34.7 Å². The highest BCUT2D eigenvalue weighted by molar-refractivity contribution is 6.06. The third-order valence-corrected chi connectivity index (χ3v) is 5.36. The molecule has 0 bridgehead atoms. The summed E-state index contributed by atoms with van der Waals surface area (Å²) in [6, 6.07) is 1.82. The van der Waals surface area contributed by atoms with Gasteiger partial charge in [-0.1, -0.05) is 24.4 Å². The molecule has 1 saturated carbocycles. The van der Waals surface area contributed by atoms with Gasteiger partial charge in [-0.2, -0.15) is 10.1 Å². The minimum Gasteiger partial charge on any atom is -0.340 e. The molecule has 0 aliphatic heterocycles. The summed E-state index contributed by atoms with van der Waals surface area (Å²) in [4.78, 5) is 22.3. The number of pyridine rings is 1. The Bertz CT molecular complexity index is 1010. The van der Waals surface area contributed by atoms with Gasteiger partial charge in [0.25, 0.3) is 5.91 Å². The largest absolute Gasteiger partial charge is 0.340 e. The summed E-state index contributed by atoms with van der Waals surface area (Å²) in [5, 5.41) is 12.6. The molecule has 4 rings (SSSR count). The van der Waals surface area contributed by atoms with Crippen molar-refractivity contribution >= 4 is 16.9 Å². The zero-order valence-electron chi connectivity index (χ0n) is 16.2. The van der Waals surface area contributed by atoms with Crippen LogP contribution in [-0.4, -0.2) is 30.8 Å². The van der Waals surface area contributed by atoms with Gasteiger partial charge in [0.05, 0.1) is 16.6 Å². The highest BCUT2D eigenvalue weighted by Crippen LogP contribution is 2.36. The van der Waals surface area contributed by atoms with Crippen LogP contribution in [-0.2, 0) is 12.6 Å². The molecule has 3 aromatic heterocycles. The van der Waals surface area contributed by atoms with E-state index in [-0.39, 0.29) is 5.91 Å². The first kappa shape index (κ1) is 17.6. The maximum absolute atomic E-state index is 13.4. The predicted molar refractivity (Wildman–Crippen MR) is 99.2 cm³/mol. The van der Waals surface area contributed by atoms with Crippen molar-refractivity contribution in [2.24, 2.45) is 7.05 Å². The van der Waals surface area contributed by atoms with Crippen molar-refractivity contribution in [2.75, 3.05) is 0 Å². The molecular weight excluding hydrogens is 344 g/mol. The van der Waals surface area contributed by atoms with Gasteiger partial charge in [-0.05, 0) is 32.8 Å². The fourth-order valence-electron chi connectivity index (χ4n) is 4.09. The molecule has 0 spiro atoms. The molecule has 1 amide bonds. The second-order valence-electron chi connectivity index (χ2n) is 7.45. The van der Waals surface area contributed by atoms with Crippen LogP contribution in [0.25, 0.3) is 11.0 Å². The van der Waals surface area contributed by atoms with Crippen LogP contribution >= 0.6 is 0 Å². The van der Waals surface area contributed by atoms with E-state index in [4.69, 9.17) is 4.52 Å². The normalized spacial score (nSPS) is 16.6. The third-order valence-electron chi connectivity index (χ3n) is 5.36. The fraction of sp³-hybridized carbons (Fsp3) is 0.526. The highest BCUT2D eigenvalue weighted by atomic mass is 16.5. The smallest absolute Gasteiger partial charge is 0.252 e. The second-order valence-corrected chi connectivity index (χ2v) is 7.45. The number of nitrogens with zero attached hydrogens (tertiary/aromatic N) is 5. The van der Waals surface area contributed by atoms with Gasteiger partial charge in [0.1, 0.15) is 5.54 Å². The van der Waals surface area contributed by atoms with E-state index in [1.165, 1.54) is 0 Å². The van der Waals surface area contributed by atoms with Crippen LogP contribution in [0.15, 0.2) is 10.6 Å². The van der Waals surface area contributed by atoms with Crippen molar-refractivity contribution in [1.82, 2.24) is 30.2 Å². The van der Waals surface area contributed by atoms with Crippen LogP contribution in [0.2, 0.25) is 0 Å². The van der Waals surface area contributed by atoms with E-state index in [1.54, 1.807) is 11.6 Å². The van der Waals surface area contributed by atoms with Crippen molar-refractivity contribution in [2.45, 2.75) is 58.4 Å². The monoisotopic (exact) mass is 368 g/mol. The number of hydrogen-bond donors (Lipinski definition) is 1. The highest BCUT2D eigenvalue weighted by Gasteiger charge is 2.40. The number of carbonyl (C=O) groups excluding carboxylic acids is 1. The molecule has 27 heavy (non-hydrogen) atoms. The van der Waals surface area contributed by atoms with E-state index in [2.05, 4.69) is 25.5 Å². The standard InChI is InChI=1S/C19H24N6O2/c1-11-10-14(15-12(2)23-25(4)16(15)20-11)17(26)22-19(8-6-5-7-9-19)18-21-13(3)27-24-18/h10H,5-9H2,1-4H3,(H,22,26). The SMILES string of the molecule is Cc1cc(C(=O)NC2(c3noc(C)n3)CCCCC2)c2c(C)nn(C)c2n1. The minimum absolute atomic E-state index is 0.147. The Morgan fingerprint density at radius 1 is 1.19 bits per heavy atom. The summed E-state index contributed by atoms with van der Waals surface area (Å²) in [5.41, 5.74) is 2.29. The van der Waals surface area contributed by atoms with Crippen LogP contribution in [0.4, 0.5) is 0 Å². The summed E-state index contributed by atoms with van der Waals surface area (Å²) < 4.78 is 6.92. The first-order valence-electron chi connectivity index (χ1n) is 9.34. The Kier molecular flexibility index (Phi) is 4.20. The Morgan fingerprint density at radius 3 is 2.59 bits per heavy atom. The van der Waals surface area contributed by atoms with Crippen molar-refractivity contribution < 1.29 is 9.32 Å². The van der Waals surface area contributed by atoms with Gasteiger partial charge in [0.2, 0.25) is 5.89 Å². The average molecular weight is 368 g/mol. The summed E-state index contributed by atoms with van der Waals surface area (Å²) in [6.07, 6.45) is 4.79. The Hall–Kier alpha value is -2.77. The van der Waals surface area contributed by atoms with Gasteiger partial charge in [-0.25, -0.2) is 4.98 Å². The third kappa shape index (κ3) is 2.98. The van der Waals surface area contributed by atoms with Crippen LogP contribution < -0.4 is 5.32 Å². The van der Waals surface area contributed by atoms with E-state index < -0.39 is 5.54 Å². The van der Waals surface area contributed by atoms with Crippen molar-refractivity contribution in [3.63, 3.8) is 0 Å². The molecule has 3 heterocycles. The molecule has 8 nitrogen and oxygen atoms in total. The number of hydrogen-bond acceptors (Lipinski definition) is 6. The Balaban J connectivity index is 1.77. The fourth-order valence-corrected chi connectivity index (χ4v) is 4.09. The van der Waals surface area contributed by atoms with Gasteiger partial charge in [-0.3, -0.25) is 9.48 Å². The topological polar surface area (TPSA) is 98.7 Å². The Morgan fingerprint density at radius 2 is 1.93 bits per heavy atom. The van der Waals surface area contributed by atoms with Crippen LogP contribution in [0.1, 0.15) is 65.6 Å². The lowest BCUT2D eigenvalue weighted by Gasteiger charge is -2.35. The average Bonchev–Trinajstić information content (AvgIpc) is 3.19. The van der Waals surface area contributed by atoms with E-state index in [0.29, 0.717) is 22.9 Å². The molecule has 1 aliphatic rings. The number of fused-ring (bicyclic) bond motifs is 1.